The molecule has 19 heavy (non-hydrogen) atoms. The molecule has 2 aromatic rings. The summed E-state index contributed by atoms with van der Waals surface area (Å²) in [5.41, 5.74) is -0.558. The van der Waals surface area contributed by atoms with Gasteiger partial charge >= 0.3 is 5.97 Å². The number of carbonyl (C=O) groups is 1. The molecule has 0 aliphatic carbocycles. The summed E-state index contributed by atoms with van der Waals surface area (Å²) in [6.45, 7) is 3.36. The summed E-state index contributed by atoms with van der Waals surface area (Å²) in [4.78, 5) is 27.1. The maximum Gasteiger partial charge on any atom is 0.341 e. The fourth-order valence-electron chi connectivity index (χ4n) is 1.92. The van der Waals surface area contributed by atoms with Crippen molar-refractivity contribution < 1.29 is 9.90 Å². The van der Waals surface area contributed by atoms with E-state index in [2.05, 4.69) is 0 Å². The van der Waals surface area contributed by atoms with Gasteiger partial charge in [-0.3, -0.25) is 4.79 Å². The van der Waals surface area contributed by atoms with Crippen LogP contribution in [0.15, 0.2) is 17.1 Å². The Balaban J connectivity index is 2.64. The number of carboxylic acids is 1. The van der Waals surface area contributed by atoms with E-state index >= 15 is 0 Å². The third kappa shape index (κ3) is 2.69. The van der Waals surface area contributed by atoms with E-state index in [9.17, 15) is 9.59 Å². The molecule has 2 heterocycles. The molecule has 0 aromatic carbocycles. The van der Waals surface area contributed by atoms with Gasteiger partial charge in [-0.1, -0.05) is 0 Å². The maximum atomic E-state index is 12.1. The van der Waals surface area contributed by atoms with Crippen molar-refractivity contribution in [3.05, 3.63) is 32.9 Å². The van der Waals surface area contributed by atoms with Gasteiger partial charge in [0.15, 0.2) is 0 Å². The van der Waals surface area contributed by atoms with Crippen LogP contribution < -0.4 is 5.43 Å². The van der Waals surface area contributed by atoms with Gasteiger partial charge in [-0.2, -0.15) is 0 Å². The molecule has 5 nitrogen and oxygen atoms in total. The third-order valence-corrected chi connectivity index (χ3v) is 3.98. The Morgan fingerprint density at radius 1 is 1.47 bits per heavy atom. The minimum absolute atomic E-state index is 0.163. The molecule has 0 saturated heterocycles. The second kappa shape index (κ2) is 5.14. The fourth-order valence-corrected chi connectivity index (χ4v) is 2.93. The minimum atomic E-state index is -1.17. The van der Waals surface area contributed by atoms with Gasteiger partial charge in [0, 0.05) is 24.2 Å². The Morgan fingerprint density at radius 2 is 2.16 bits per heavy atom. The molecule has 6 heteroatoms. The van der Waals surface area contributed by atoms with Crippen LogP contribution >= 0.6 is 11.3 Å². The standard InChI is InChI=1S/C13H16N2O3S/c1-8-6-9-11(16)10(13(17)18)7-15(12(9)19-8)5-4-14(2)3/h6-7H,4-5H2,1-3H3,(H,17,18). The van der Waals surface area contributed by atoms with Crippen LogP contribution in [-0.2, 0) is 6.54 Å². The lowest BCUT2D eigenvalue weighted by molar-refractivity contribution is 0.0695. The monoisotopic (exact) mass is 280 g/mol. The lowest BCUT2D eigenvalue weighted by Crippen LogP contribution is -2.22. The summed E-state index contributed by atoms with van der Waals surface area (Å²) in [5, 5.41) is 9.61. The van der Waals surface area contributed by atoms with Crippen LogP contribution in [0.1, 0.15) is 15.2 Å². The molecule has 2 aromatic heterocycles. The summed E-state index contributed by atoms with van der Waals surface area (Å²) in [6, 6.07) is 1.76. The lowest BCUT2D eigenvalue weighted by atomic mass is 10.2. The van der Waals surface area contributed by atoms with Gasteiger partial charge < -0.3 is 14.6 Å². The number of thiophene rings is 1. The number of aromatic carboxylic acids is 1. The molecule has 0 saturated carbocycles. The first-order valence-corrected chi connectivity index (χ1v) is 6.73. The number of pyridine rings is 1. The van der Waals surface area contributed by atoms with Gasteiger partial charge in [0.1, 0.15) is 10.4 Å². The molecule has 0 fully saturated rings. The summed E-state index contributed by atoms with van der Waals surface area (Å²) in [6.07, 6.45) is 1.45. The molecule has 0 aliphatic rings. The highest BCUT2D eigenvalue weighted by molar-refractivity contribution is 7.18. The van der Waals surface area contributed by atoms with Gasteiger partial charge in [-0.05, 0) is 27.1 Å². The molecule has 1 N–H and O–H groups in total. The predicted molar refractivity (Wildman–Crippen MR) is 76.3 cm³/mol. The number of rotatable bonds is 4. The number of carboxylic acid groups (broad SMARTS) is 1. The molecular formula is C13H16N2O3S. The van der Waals surface area contributed by atoms with Gasteiger partial charge in [0.2, 0.25) is 5.43 Å². The van der Waals surface area contributed by atoms with Crippen LogP contribution in [0.4, 0.5) is 0 Å². The molecule has 0 unspecified atom stereocenters. The van der Waals surface area contributed by atoms with E-state index in [-0.39, 0.29) is 5.56 Å². The van der Waals surface area contributed by atoms with Crippen molar-refractivity contribution in [1.82, 2.24) is 9.47 Å². The number of hydrogen-bond donors (Lipinski definition) is 1. The molecule has 0 amide bonds. The molecule has 102 valence electrons. The fraction of sp³-hybridized carbons (Fsp3) is 0.385. The van der Waals surface area contributed by atoms with E-state index < -0.39 is 11.4 Å². The number of aromatic nitrogens is 1. The van der Waals surface area contributed by atoms with Gasteiger partial charge in [0.25, 0.3) is 0 Å². The van der Waals surface area contributed by atoms with Crippen LogP contribution in [0.2, 0.25) is 0 Å². The first kappa shape index (κ1) is 13.8. The van der Waals surface area contributed by atoms with E-state index in [0.29, 0.717) is 11.9 Å². The minimum Gasteiger partial charge on any atom is -0.477 e. The zero-order valence-electron chi connectivity index (χ0n) is 11.1. The van der Waals surface area contributed by atoms with Crippen LogP contribution in [0.3, 0.4) is 0 Å². The van der Waals surface area contributed by atoms with E-state index in [1.54, 1.807) is 6.07 Å². The lowest BCUT2D eigenvalue weighted by Gasteiger charge is -2.13. The molecule has 0 radical (unpaired) electrons. The van der Waals surface area contributed by atoms with Crippen molar-refractivity contribution in [2.45, 2.75) is 13.5 Å². The Labute approximate surface area is 114 Å². The molecule has 0 bridgehead atoms. The Hall–Kier alpha value is -1.66. The topological polar surface area (TPSA) is 62.5 Å². The second-order valence-electron chi connectivity index (χ2n) is 4.75. The van der Waals surface area contributed by atoms with Gasteiger partial charge in [-0.25, -0.2) is 4.79 Å². The highest BCUT2D eigenvalue weighted by atomic mass is 32.1. The Kier molecular flexibility index (Phi) is 3.73. The molecule has 2 rings (SSSR count). The van der Waals surface area contributed by atoms with E-state index in [1.165, 1.54) is 17.5 Å². The summed E-state index contributed by atoms with van der Waals surface area (Å²) in [7, 11) is 3.91. The van der Waals surface area contributed by atoms with Crippen molar-refractivity contribution in [3.8, 4) is 0 Å². The first-order chi connectivity index (χ1) is 8.90. The van der Waals surface area contributed by atoms with E-state index in [4.69, 9.17) is 5.11 Å². The highest BCUT2D eigenvalue weighted by Crippen LogP contribution is 2.23. The largest absolute Gasteiger partial charge is 0.477 e. The number of hydrogen-bond acceptors (Lipinski definition) is 4. The second-order valence-corrected chi connectivity index (χ2v) is 5.98. The molecule has 0 aliphatic heterocycles. The van der Waals surface area contributed by atoms with Crippen LogP contribution in [0, 0.1) is 6.92 Å². The number of fused-ring (bicyclic) bond motifs is 1. The Morgan fingerprint density at radius 3 is 2.74 bits per heavy atom. The van der Waals surface area contributed by atoms with Crippen LogP contribution in [-0.4, -0.2) is 41.2 Å². The van der Waals surface area contributed by atoms with Crippen LogP contribution in [0.5, 0.6) is 0 Å². The van der Waals surface area contributed by atoms with Gasteiger partial charge in [-0.15, -0.1) is 11.3 Å². The molecular weight excluding hydrogens is 264 g/mol. The number of nitrogens with zero attached hydrogens (tertiary/aromatic N) is 2. The smallest absolute Gasteiger partial charge is 0.341 e. The molecule has 0 spiro atoms. The zero-order chi connectivity index (χ0) is 14.2. The summed E-state index contributed by atoms with van der Waals surface area (Å²) >= 11 is 1.52. The first-order valence-electron chi connectivity index (χ1n) is 5.91. The van der Waals surface area contributed by atoms with Crippen molar-refractivity contribution in [3.63, 3.8) is 0 Å². The Bertz CT molecular complexity index is 685. The number of likely N-dealkylation sites (N-methyl/N-ethyl adjacent to an activating group) is 1. The average molecular weight is 280 g/mol. The normalized spacial score (nSPS) is 11.4. The van der Waals surface area contributed by atoms with Crippen molar-refractivity contribution in [1.29, 1.82) is 0 Å². The summed E-state index contributed by atoms with van der Waals surface area (Å²) < 4.78 is 1.86. The van der Waals surface area contributed by atoms with Crippen molar-refractivity contribution >= 4 is 27.5 Å². The van der Waals surface area contributed by atoms with E-state index in [1.807, 2.05) is 30.5 Å². The highest BCUT2D eigenvalue weighted by Gasteiger charge is 2.16. The predicted octanol–water partition coefficient (Wildman–Crippen LogP) is 1.63. The quantitative estimate of drug-likeness (QED) is 0.924. The van der Waals surface area contributed by atoms with Crippen LogP contribution in [0.25, 0.3) is 10.2 Å². The van der Waals surface area contributed by atoms with Gasteiger partial charge in [0.05, 0.1) is 5.39 Å². The molecule has 0 atom stereocenters. The van der Waals surface area contributed by atoms with Crippen molar-refractivity contribution in [2.24, 2.45) is 0 Å². The van der Waals surface area contributed by atoms with Crippen molar-refractivity contribution in [2.75, 3.05) is 20.6 Å². The third-order valence-electron chi connectivity index (χ3n) is 2.89. The maximum absolute atomic E-state index is 12.1. The van der Waals surface area contributed by atoms with E-state index in [0.717, 1.165) is 16.3 Å². The summed E-state index contributed by atoms with van der Waals surface area (Å²) in [5.74, 6) is -1.17. The zero-order valence-corrected chi connectivity index (χ0v) is 12.0. The number of aryl methyl sites for hydroxylation is 1. The SMILES string of the molecule is Cc1cc2c(=O)c(C(=O)O)cn(CCN(C)C)c2s1. The average Bonchev–Trinajstić information content (AvgIpc) is 2.70.